The number of carbonyl (C=O) groups excluding carboxylic acids is 1. The Morgan fingerprint density at radius 2 is 1.89 bits per heavy atom. The van der Waals surface area contributed by atoms with Crippen molar-refractivity contribution in [3.63, 3.8) is 0 Å². The van der Waals surface area contributed by atoms with Crippen LogP contribution in [0.15, 0.2) is 42.5 Å². The molecule has 0 saturated heterocycles. The van der Waals surface area contributed by atoms with Crippen LogP contribution in [0.25, 0.3) is 0 Å². The number of para-hydroxylation sites is 1. The molecule has 2 aromatic carbocycles. The maximum absolute atomic E-state index is 11.9. The number of carbonyl (C=O) groups is 1. The lowest BCUT2D eigenvalue weighted by atomic mass is 10.1. The van der Waals surface area contributed by atoms with E-state index in [4.69, 9.17) is 28.9 Å². The summed E-state index contributed by atoms with van der Waals surface area (Å²) < 4.78 is 0. The maximum atomic E-state index is 11.9. The highest BCUT2D eigenvalue weighted by molar-refractivity contribution is 6.36. The Labute approximate surface area is 121 Å². The van der Waals surface area contributed by atoms with Gasteiger partial charge in [-0.1, -0.05) is 41.4 Å². The van der Waals surface area contributed by atoms with Gasteiger partial charge in [-0.05, 0) is 29.8 Å². The van der Waals surface area contributed by atoms with Gasteiger partial charge in [-0.2, -0.15) is 0 Å². The van der Waals surface area contributed by atoms with E-state index in [0.29, 0.717) is 21.4 Å². The van der Waals surface area contributed by atoms with Crippen molar-refractivity contribution in [2.24, 2.45) is 0 Å². The predicted molar refractivity (Wildman–Crippen MR) is 79.7 cm³/mol. The summed E-state index contributed by atoms with van der Waals surface area (Å²) in [5.41, 5.74) is 7.70. The molecule has 0 bridgehead atoms. The van der Waals surface area contributed by atoms with Crippen LogP contribution >= 0.6 is 23.2 Å². The molecule has 0 heterocycles. The van der Waals surface area contributed by atoms with Crippen molar-refractivity contribution < 1.29 is 4.79 Å². The second-order valence-corrected chi connectivity index (χ2v) is 4.89. The van der Waals surface area contributed by atoms with E-state index in [0.717, 1.165) is 5.56 Å². The highest BCUT2D eigenvalue weighted by atomic mass is 35.5. The van der Waals surface area contributed by atoms with E-state index < -0.39 is 0 Å². The average molecular weight is 295 g/mol. The molecular weight excluding hydrogens is 283 g/mol. The number of nitrogens with two attached hydrogens (primary N) is 1. The summed E-state index contributed by atoms with van der Waals surface area (Å²) in [5, 5.41) is 3.66. The van der Waals surface area contributed by atoms with E-state index in [9.17, 15) is 4.79 Å². The number of rotatable bonds is 3. The minimum Gasteiger partial charge on any atom is -0.398 e. The number of nitrogen functional groups attached to an aromatic ring is 1. The number of hydrogen-bond acceptors (Lipinski definition) is 2. The molecule has 1 amide bonds. The highest BCUT2D eigenvalue weighted by Gasteiger charge is 2.08. The zero-order valence-corrected chi connectivity index (χ0v) is 11.5. The van der Waals surface area contributed by atoms with Crippen LogP contribution in [0, 0.1) is 0 Å². The van der Waals surface area contributed by atoms with E-state index in [1.165, 1.54) is 0 Å². The van der Waals surface area contributed by atoms with Gasteiger partial charge in [0.15, 0.2) is 0 Å². The molecule has 0 aliphatic heterocycles. The molecule has 2 aromatic rings. The van der Waals surface area contributed by atoms with Crippen LogP contribution in [0.5, 0.6) is 0 Å². The van der Waals surface area contributed by atoms with Crippen molar-refractivity contribution in [1.82, 2.24) is 0 Å². The van der Waals surface area contributed by atoms with Crippen LogP contribution in [-0.2, 0) is 11.2 Å². The number of nitrogens with one attached hydrogen (secondary N) is 1. The number of halogens is 2. The number of anilines is 2. The fourth-order valence-corrected chi connectivity index (χ4v) is 2.11. The van der Waals surface area contributed by atoms with E-state index in [-0.39, 0.29) is 12.3 Å². The third-order valence-electron chi connectivity index (χ3n) is 2.61. The number of hydrogen-bond donors (Lipinski definition) is 2. The smallest absolute Gasteiger partial charge is 0.228 e. The van der Waals surface area contributed by atoms with Crippen molar-refractivity contribution in [3.8, 4) is 0 Å². The first-order valence-electron chi connectivity index (χ1n) is 5.64. The van der Waals surface area contributed by atoms with Gasteiger partial charge >= 0.3 is 0 Å². The van der Waals surface area contributed by atoms with Crippen molar-refractivity contribution >= 4 is 40.5 Å². The van der Waals surface area contributed by atoms with Gasteiger partial charge in [-0.15, -0.1) is 0 Å². The minimum atomic E-state index is -0.179. The highest BCUT2D eigenvalue weighted by Crippen LogP contribution is 2.25. The van der Waals surface area contributed by atoms with Crippen LogP contribution in [0.2, 0.25) is 10.0 Å². The van der Waals surface area contributed by atoms with Gasteiger partial charge < -0.3 is 11.1 Å². The largest absolute Gasteiger partial charge is 0.398 e. The fourth-order valence-electron chi connectivity index (χ4n) is 1.65. The molecule has 0 radical (unpaired) electrons. The van der Waals surface area contributed by atoms with Crippen molar-refractivity contribution in [2.75, 3.05) is 11.1 Å². The Kier molecular flexibility index (Phi) is 4.30. The van der Waals surface area contributed by atoms with Gasteiger partial charge in [0.25, 0.3) is 0 Å². The SMILES string of the molecule is Nc1ccccc1CC(=O)Nc1ccc(Cl)cc1Cl. The molecule has 0 aliphatic carbocycles. The number of benzene rings is 2. The van der Waals surface area contributed by atoms with Crippen LogP contribution in [0.4, 0.5) is 11.4 Å². The van der Waals surface area contributed by atoms with E-state index >= 15 is 0 Å². The zero-order chi connectivity index (χ0) is 13.8. The third-order valence-corrected chi connectivity index (χ3v) is 3.16. The summed E-state index contributed by atoms with van der Waals surface area (Å²) in [7, 11) is 0. The molecule has 2 rings (SSSR count). The zero-order valence-electron chi connectivity index (χ0n) is 9.99. The Bertz CT molecular complexity index is 614. The molecule has 0 atom stereocenters. The lowest BCUT2D eigenvalue weighted by Gasteiger charge is -2.08. The molecule has 0 aromatic heterocycles. The number of amides is 1. The monoisotopic (exact) mass is 294 g/mol. The summed E-state index contributed by atoms with van der Waals surface area (Å²) in [6.07, 6.45) is 0.200. The predicted octanol–water partition coefficient (Wildman–Crippen LogP) is 3.76. The van der Waals surface area contributed by atoms with Gasteiger partial charge in [0, 0.05) is 10.7 Å². The van der Waals surface area contributed by atoms with Crippen molar-refractivity contribution in [2.45, 2.75) is 6.42 Å². The lowest BCUT2D eigenvalue weighted by molar-refractivity contribution is -0.115. The van der Waals surface area contributed by atoms with Gasteiger partial charge in [0.2, 0.25) is 5.91 Å². The van der Waals surface area contributed by atoms with E-state index in [2.05, 4.69) is 5.32 Å². The maximum Gasteiger partial charge on any atom is 0.228 e. The summed E-state index contributed by atoms with van der Waals surface area (Å²) in [6.45, 7) is 0. The molecule has 5 heteroatoms. The normalized spacial score (nSPS) is 10.2. The van der Waals surface area contributed by atoms with Gasteiger partial charge in [-0.25, -0.2) is 0 Å². The second-order valence-electron chi connectivity index (χ2n) is 4.05. The fraction of sp³-hybridized carbons (Fsp3) is 0.0714. The van der Waals surface area contributed by atoms with Gasteiger partial charge in [0.05, 0.1) is 17.1 Å². The van der Waals surface area contributed by atoms with Crippen LogP contribution in [0.1, 0.15) is 5.56 Å². The molecule has 3 N–H and O–H groups in total. The Morgan fingerprint density at radius 1 is 1.16 bits per heavy atom. The van der Waals surface area contributed by atoms with E-state index in [1.807, 2.05) is 18.2 Å². The van der Waals surface area contributed by atoms with Crippen LogP contribution in [-0.4, -0.2) is 5.91 Å². The van der Waals surface area contributed by atoms with Crippen LogP contribution < -0.4 is 11.1 Å². The van der Waals surface area contributed by atoms with Crippen molar-refractivity contribution in [3.05, 3.63) is 58.1 Å². The van der Waals surface area contributed by atoms with E-state index in [1.54, 1.807) is 24.3 Å². The summed E-state index contributed by atoms with van der Waals surface area (Å²) in [6, 6.07) is 12.2. The lowest BCUT2D eigenvalue weighted by Crippen LogP contribution is -2.15. The molecule has 0 unspecified atom stereocenters. The quantitative estimate of drug-likeness (QED) is 0.847. The Hall–Kier alpha value is -1.71. The van der Waals surface area contributed by atoms with Gasteiger partial charge in [0.1, 0.15) is 0 Å². The molecule has 0 aliphatic rings. The molecule has 0 saturated carbocycles. The molecule has 98 valence electrons. The summed E-state index contributed by atoms with van der Waals surface area (Å²) in [5.74, 6) is -0.179. The topological polar surface area (TPSA) is 55.1 Å². The van der Waals surface area contributed by atoms with Crippen molar-refractivity contribution in [1.29, 1.82) is 0 Å². The molecule has 19 heavy (non-hydrogen) atoms. The average Bonchev–Trinajstić information content (AvgIpc) is 2.36. The second kappa shape index (κ2) is 5.95. The first kappa shape index (κ1) is 13.7. The Morgan fingerprint density at radius 3 is 2.58 bits per heavy atom. The standard InChI is InChI=1S/C14H12Cl2N2O/c15-10-5-6-13(11(16)8-10)18-14(19)7-9-3-1-2-4-12(9)17/h1-6,8H,7,17H2,(H,18,19). The summed E-state index contributed by atoms with van der Waals surface area (Å²) in [4.78, 5) is 11.9. The molecule has 3 nitrogen and oxygen atoms in total. The molecular formula is C14H12Cl2N2O. The Balaban J connectivity index is 2.08. The first-order chi connectivity index (χ1) is 9.06. The molecule has 0 spiro atoms. The third kappa shape index (κ3) is 3.63. The summed E-state index contributed by atoms with van der Waals surface area (Å²) >= 11 is 11.8. The van der Waals surface area contributed by atoms with Crippen LogP contribution in [0.3, 0.4) is 0 Å². The minimum absolute atomic E-state index is 0.179. The van der Waals surface area contributed by atoms with Gasteiger partial charge in [-0.3, -0.25) is 4.79 Å². The molecule has 0 fully saturated rings. The first-order valence-corrected chi connectivity index (χ1v) is 6.40.